The van der Waals surface area contributed by atoms with Crippen LogP contribution in [0.15, 0.2) is 12.1 Å². The average molecular weight is 279 g/mol. The molecule has 1 aliphatic rings. The third-order valence-electron chi connectivity index (χ3n) is 3.92. The second kappa shape index (κ2) is 5.10. The lowest BCUT2D eigenvalue weighted by Gasteiger charge is -2.30. The van der Waals surface area contributed by atoms with Crippen molar-refractivity contribution in [2.45, 2.75) is 31.7 Å². The molecule has 0 aliphatic carbocycles. The van der Waals surface area contributed by atoms with Gasteiger partial charge in [-0.2, -0.15) is 0 Å². The van der Waals surface area contributed by atoms with Gasteiger partial charge in [0.25, 0.3) is 0 Å². The Morgan fingerprint density at radius 3 is 2.68 bits per heavy atom. The number of halogens is 1. The molecule has 0 amide bonds. The molecule has 5 heteroatoms. The number of pyridine rings is 1. The zero-order valence-corrected chi connectivity index (χ0v) is 12.2. The van der Waals surface area contributed by atoms with Crippen molar-refractivity contribution >= 4 is 22.8 Å². The number of fused-ring (bicyclic) bond motifs is 1. The molecule has 0 unspecified atom stereocenters. The Balaban J connectivity index is 2.07. The summed E-state index contributed by atoms with van der Waals surface area (Å²) in [6.45, 7) is 4.27. The van der Waals surface area contributed by atoms with E-state index >= 15 is 0 Å². The van der Waals surface area contributed by atoms with Crippen LogP contribution in [0.4, 0.5) is 0 Å². The maximum absolute atomic E-state index is 6.07. The Bertz CT molecular complexity index is 584. The molecule has 0 bridgehead atoms. The van der Waals surface area contributed by atoms with Gasteiger partial charge in [0.2, 0.25) is 0 Å². The molecule has 2 aromatic rings. The number of aromatic nitrogens is 3. The fraction of sp³-hybridized carbons (Fsp3) is 0.571. The van der Waals surface area contributed by atoms with Gasteiger partial charge < -0.3 is 9.47 Å². The first-order valence-electron chi connectivity index (χ1n) is 6.78. The minimum absolute atomic E-state index is 0.446. The van der Waals surface area contributed by atoms with Crippen LogP contribution in [-0.2, 0) is 5.88 Å². The van der Waals surface area contributed by atoms with Crippen molar-refractivity contribution in [2.75, 3.05) is 20.1 Å². The molecule has 102 valence electrons. The summed E-state index contributed by atoms with van der Waals surface area (Å²) < 4.78 is 2.27. The Labute approximate surface area is 118 Å². The van der Waals surface area contributed by atoms with Crippen molar-refractivity contribution in [3.63, 3.8) is 0 Å². The highest BCUT2D eigenvalue weighted by Crippen LogP contribution is 2.28. The van der Waals surface area contributed by atoms with Crippen LogP contribution in [0.1, 0.15) is 30.4 Å². The molecule has 4 nitrogen and oxygen atoms in total. The van der Waals surface area contributed by atoms with Crippen LogP contribution in [-0.4, -0.2) is 39.6 Å². The predicted octanol–water partition coefficient (Wildman–Crippen LogP) is 2.75. The monoisotopic (exact) mass is 278 g/mol. The lowest BCUT2D eigenvalue weighted by molar-refractivity contribution is 0.221. The number of likely N-dealkylation sites (tertiary alicyclic amines) is 1. The normalized spacial score (nSPS) is 18.3. The standard InChI is InChI=1S/C14H19ClN4/c1-10-3-4-12-14(16-10)19(13(9-15)17-12)11-5-7-18(2)8-6-11/h3-4,11H,5-9H2,1-2H3. The van der Waals surface area contributed by atoms with E-state index in [1.165, 1.54) is 0 Å². The van der Waals surface area contributed by atoms with Gasteiger partial charge in [-0.3, -0.25) is 0 Å². The maximum atomic E-state index is 6.07. The first kappa shape index (κ1) is 12.9. The Morgan fingerprint density at radius 2 is 2.00 bits per heavy atom. The summed E-state index contributed by atoms with van der Waals surface area (Å²) in [5.74, 6) is 1.39. The van der Waals surface area contributed by atoms with Crippen molar-refractivity contribution in [3.8, 4) is 0 Å². The van der Waals surface area contributed by atoms with E-state index in [1.807, 2.05) is 19.1 Å². The Hall–Kier alpha value is -1.13. The number of nitrogens with zero attached hydrogens (tertiary/aromatic N) is 4. The molecule has 3 heterocycles. The van der Waals surface area contributed by atoms with Gasteiger partial charge in [0, 0.05) is 11.7 Å². The topological polar surface area (TPSA) is 34.0 Å². The van der Waals surface area contributed by atoms with Crippen LogP contribution < -0.4 is 0 Å². The van der Waals surface area contributed by atoms with Crippen LogP contribution in [0.3, 0.4) is 0 Å². The molecule has 1 aliphatic heterocycles. The van der Waals surface area contributed by atoms with Gasteiger partial charge in [0.05, 0.1) is 5.88 Å². The van der Waals surface area contributed by atoms with Crippen LogP contribution in [0, 0.1) is 6.92 Å². The summed E-state index contributed by atoms with van der Waals surface area (Å²) in [6.07, 6.45) is 2.28. The molecule has 0 saturated carbocycles. The maximum Gasteiger partial charge on any atom is 0.160 e. The molecular weight excluding hydrogens is 260 g/mol. The summed E-state index contributed by atoms with van der Waals surface area (Å²) >= 11 is 6.07. The molecule has 0 aromatic carbocycles. The van der Waals surface area contributed by atoms with Gasteiger partial charge in [-0.1, -0.05) is 0 Å². The van der Waals surface area contributed by atoms with Gasteiger partial charge in [-0.05, 0) is 52.0 Å². The fourth-order valence-corrected chi connectivity index (χ4v) is 3.03. The molecule has 0 radical (unpaired) electrons. The molecule has 0 atom stereocenters. The zero-order chi connectivity index (χ0) is 13.4. The van der Waals surface area contributed by atoms with Crippen LogP contribution >= 0.6 is 11.6 Å². The van der Waals surface area contributed by atoms with E-state index in [4.69, 9.17) is 11.6 Å². The highest BCUT2D eigenvalue weighted by atomic mass is 35.5. The molecule has 3 rings (SSSR count). The van der Waals surface area contributed by atoms with Crippen LogP contribution in [0.2, 0.25) is 0 Å². The van der Waals surface area contributed by atoms with E-state index < -0.39 is 0 Å². The number of imidazole rings is 1. The van der Waals surface area contributed by atoms with Crippen LogP contribution in [0.25, 0.3) is 11.2 Å². The average Bonchev–Trinajstić information content (AvgIpc) is 2.77. The summed E-state index contributed by atoms with van der Waals surface area (Å²) in [6, 6.07) is 4.52. The third-order valence-corrected chi connectivity index (χ3v) is 4.16. The number of hydrogen-bond donors (Lipinski definition) is 0. The number of piperidine rings is 1. The van der Waals surface area contributed by atoms with E-state index in [-0.39, 0.29) is 0 Å². The second-order valence-electron chi connectivity index (χ2n) is 5.36. The van der Waals surface area contributed by atoms with E-state index in [2.05, 4.69) is 26.5 Å². The highest BCUT2D eigenvalue weighted by molar-refractivity contribution is 6.16. The smallest absolute Gasteiger partial charge is 0.160 e. The van der Waals surface area contributed by atoms with Gasteiger partial charge in [-0.15, -0.1) is 11.6 Å². The quantitative estimate of drug-likeness (QED) is 0.792. The number of hydrogen-bond acceptors (Lipinski definition) is 3. The number of alkyl halides is 1. The van der Waals surface area contributed by atoms with Gasteiger partial charge in [-0.25, -0.2) is 9.97 Å². The van der Waals surface area contributed by atoms with Crippen molar-refractivity contribution in [2.24, 2.45) is 0 Å². The van der Waals surface area contributed by atoms with Crippen molar-refractivity contribution in [3.05, 3.63) is 23.7 Å². The lowest BCUT2D eigenvalue weighted by atomic mass is 10.1. The predicted molar refractivity (Wildman–Crippen MR) is 77.6 cm³/mol. The van der Waals surface area contributed by atoms with E-state index in [0.717, 1.165) is 48.6 Å². The molecule has 19 heavy (non-hydrogen) atoms. The fourth-order valence-electron chi connectivity index (χ4n) is 2.85. The molecule has 2 aromatic heterocycles. The van der Waals surface area contributed by atoms with Crippen LogP contribution in [0.5, 0.6) is 0 Å². The summed E-state index contributed by atoms with van der Waals surface area (Å²) in [7, 11) is 2.17. The first-order chi connectivity index (χ1) is 9.19. The Morgan fingerprint density at radius 1 is 1.26 bits per heavy atom. The molecule has 0 N–H and O–H groups in total. The number of rotatable bonds is 2. The van der Waals surface area contributed by atoms with E-state index in [9.17, 15) is 0 Å². The van der Waals surface area contributed by atoms with Crippen molar-refractivity contribution in [1.82, 2.24) is 19.4 Å². The lowest BCUT2D eigenvalue weighted by Crippen LogP contribution is -2.32. The third kappa shape index (κ3) is 2.35. The SMILES string of the molecule is Cc1ccc2nc(CCl)n(C3CCN(C)CC3)c2n1. The zero-order valence-electron chi connectivity index (χ0n) is 11.4. The molecule has 0 spiro atoms. The summed E-state index contributed by atoms with van der Waals surface area (Å²) in [4.78, 5) is 11.7. The largest absolute Gasteiger partial charge is 0.308 e. The van der Waals surface area contributed by atoms with E-state index in [0.29, 0.717) is 11.9 Å². The van der Waals surface area contributed by atoms with Crippen molar-refractivity contribution < 1.29 is 0 Å². The minimum Gasteiger partial charge on any atom is -0.308 e. The van der Waals surface area contributed by atoms with E-state index in [1.54, 1.807) is 0 Å². The Kier molecular flexibility index (Phi) is 3.46. The highest BCUT2D eigenvalue weighted by Gasteiger charge is 2.23. The molecule has 1 fully saturated rings. The van der Waals surface area contributed by atoms with Gasteiger partial charge in [0.1, 0.15) is 11.3 Å². The molecule has 1 saturated heterocycles. The summed E-state index contributed by atoms with van der Waals surface area (Å²) in [5, 5.41) is 0. The summed E-state index contributed by atoms with van der Waals surface area (Å²) in [5.41, 5.74) is 2.98. The van der Waals surface area contributed by atoms with Crippen molar-refractivity contribution in [1.29, 1.82) is 0 Å². The second-order valence-corrected chi connectivity index (χ2v) is 5.63. The van der Waals surface area contributed by atoms with Gasteiger partial charge >= 0.3 is 0 Å². The minimum atomic E-state index is 0.446. The van der Waals surface area contributed by atoms with Gasteiger partial charge in [0.15, 0.2) is 5.65 Å². The molecular formula is C14H19ClN4. The first-order valence-corrected chi connectivity index (χ1v) is 7.31. The number of aryl methyl sites for hydroxylation is 1.